The number of aromatic hydroxyl groups is 1. The van der Waals surface area contributed by atoms with E-state index in [1.807, 2.05) is 0 Å². The molecule has 4 heteroatoms. The van der Waals surface area contributed by atoms with Crippen molar-refractivity contribution in [3.8, 4) is 11.4 Å². The molecule has 0 bridgehead atoms. The Morgan fingerprint density at radius 3 is 2.50 bits per heavy atom. The fourth-order valence-electron chi connectivity index (χ4n) is 1.48. The van der Waals surface area contributed by atoms with Crippen LogP contribution in [0.2, 0.25) is 0 Å². The number of hydrogen-bond acceptors (Lipinski definition) is 3. The molecular weight excluding hydrogens is 206 g/mol. The molecule has 0 fully saturated rings. The van der Waals surface area contributed by atoms with E-state index in [0.29, 0.717) is 11.4 Å². The predicted molar refractivity (Wildman–Crippen MR) is 57.8 cm³/mol. The fraction of sp³-hybridized carbons (Fsp3) is 0. The van der Waals surface area contributed by atoms with E-state index < -0.39 is 5.78 Å². The summed E-state index contributed by atoms with van der Waals surface area (Å²) in [4.78, 5) is 21.7. The molecule has 0 saturated carbocycles. The lowest BCUT2D eigenvalue weighted by molar-refractivity contribution is -0.104. The Bertz CT molecular complexity index is 525. The van der Waals surface area contributed by atoms with Crippen LogP contribution in [-0.2, 0) is 4.79 Å². The van der Waals surface area contributed by atoms with Crippen molar-refractivity contribution in [2.75, 3.05) is 0 Å². The van der Waals surface area contributed by atoms with E-state index in [4.69, 9.17) is 5.11 Å². The topological polar surface area (TPSA) is 59.3 Å². The number of carbonyl (C=O) groups excluding carboxylic acids is 2. The van der Waals surface area contributed by atoms with E-state index in [2.05, 4.69) is 0 Å². The van der Waals surface area contributed by atoms with Crippen LogP contribution in [0.1, 0.15) is 10.5 Å². The van der Waals surface area contributed by atoms with Crippen molar-refractivity contribution in [2.24, 2.45) is 0 Å². The molecule has 0 aliphatic carbocycles. The first-order valence-electron chi connectivity index (χ1n) is 4.68. The number of benzene rings is 1. The maximum absolute atomic E-state index is 11.3. The highest BCUT2D eigenvalue weighted by Crippen LogP contribution is 2.16. The molecule has 0 amide bonds. The van der Waals surface area contributed by atoms with Crippen molar-refractivity contribution >= 4 is 12.1 Å². The number of hydrogen-bond donors (Lipinski definition) is 1. The lowest BCUT2D eigenvalue weighted by atomic mass is 10.2. The average Bonchev–Trinajstić information content (AvgIpc) is 2.78. The third-order valence-electron chi connectivity index (χ3n) is 2.24. The van der Waals surface area contributed by atoms with E-state index >= 15 is 0 Å². The minimum Gasteiger partial charge on any atom is -0.508 e. The summed E-state index contributed by atoms with van der Waals surface area (Å²) in [5.41, 5.74) is 1.02. The van der Waals surface area contributed by atoms with Gasteiger partial charge < -0.3 is 9.67 Å². The highest BCUT2D eigenvalue weighted by atomic mass is 16.3. The predicted octanol–water partition coefficient (Wildman–Crippen LogP) is 1.56. The van der Waals surface area contributed by atoms with E-state index in [0.717, 1.165) is 0 Å². The van der Waals surface area contributed by atoms with E-state index in [-0.39, 0.29) is 12.0 Å². The van der Waals surface area contributed by atoms with Crippen molar-refractivity contribution in [2.45, 2.75) is 0 Å². The molecule has 0 aliphatic heterocycles. The molecule has 4 nitrogen and oxygen atoms in total. The zero-order valence-electron chi connectivity index (χ0n) is 8.33. The Kier molecular flexibility index (Phi) is 2.55. The van der Waals surface area contributed by atoms with Crippen molar-refractivity contribution in [3.05, 3.63) is 48.3 Å². The first-order chi connectivity index (χ1) is 7.72. The summed E-state index contributed by atoms with van der Waals surface area (Å²) in [6.45, 7) is 0. The van der Waals surface area contributed by atoms with Gasteiger partial charge in [0.05, 0.1) is 5.69 Å². The molecular formula is C12H9NO3. The number of rotatable bonds is 3. The summed E-state index contributed by atoms with van der Waals surface area (Å²) in [5, 5.41) is 9.15. The van der Waals surface area contributed by atoms with Gasteiger partial charge in [-0.1, -0.05) is 0 Å². The number of phenols is 1. The normalized spacial score (nSPS) is 10.0. The van der Waals surface area contributed by atoms with Crippen LogP contribution < -0.4 is 0 Å². The number of aromatic nitrogens is 1. The summed E-state index contributed by atoms with van der Waals surface area (Å²) in [6, 6.07) is 9.62. The Balaban J connectivity index is 2.48. The van der Waals surface area contributed by atoms with Gasteiger partial charge in [0, 0.05) is 11.9 Å². The van der Waals surface area contributed by atoms with Gasteiger partial charge in [0.15, 0.2) is 6.29 Å². The second kappa shape index (κ2) is 4.02. The van der Waals surface area contributed by atoms with Crippen molar-refractivity contribution in [1.29, 1.82) is 0 Å². The van der Waals surface area contributed by atoms with E-state index in [9.17, 15) is 9.59 Å². The van der Waals surface area contributed by atoms with Gasteiger partial charge in [0.1, 0.15) is 5.75 Å². The minimum absolute atomic E-state index is 0.152. The summed E-state index contributed by atoms with van der Waals surface area (Å²) in [5.74, 6) is -0.419. The lowest BCUT2D eigenvalue weighted by Crippen LogP contribution is -2.07. The Morgan fingerprint density at radius 2 is 1.88 bits per heavy atom. The van der Waals surface area contributed by atoms with E-state index in [1.54, 1.807) is 35.0 Å². The standard InChI is InChI=1S/C12H9NO3/c14-8-12(16)11-2-1-7-13(11)9-3-5-10(15)6-4-9/h1-8,15H. The van der Waals surface area contributed by atoms with Crippen molar-refractivity contribution in [3.63, 3.8) is 0 Å². The molecule has 1 aromatic heterocycles. The maximum atomic E-state index is 11.3. The first kappa shape index (κ1) is 10.2. The van der Waals surface area contributed by atoms with Gasteiger partial charge in [0.25, 0.3) is 0 Å². The number of aldehydes is 1. The first-order valence-corrected chi connectivity index (χ1v) is 4.68. The molecule has 0 radical (unpaired) electrons. The average molecular weight is 215 g/mol. The number of carbonyl (C=O) groups is 2. The number of Topliss-reactive ketones (excluding diaryl/α,β-unsaturated/α-hetero) is 1. The van der Waals surface area contributed by atoms with Crippen LogP contribution in [0.4, 0.5) is 0 Å². The van der Waals surface area contributed by atoms with E-state index in [1.165, 1.54) is 12.1 Å². The van der Waals surface area contributed by atoms with Gasteiger partial charge in [-0.25, -0.2) is 0 Å². The summed E-state index contributed by atoms with van der Waals surface area (Å²) in [6.07, 6.45) is 1.97. The molecule has 16 heavy (non-hydrogen) atoms. The molecule has 1 heterocycles. The zero-order valence-corrected chi connectivity index (χ0v) is 8.33. The Hall–Kier alpha value is -2.36. The van der Waals surface area contributed by atoms with Crippen molar-refractivity contribution < 1.29 is 14.7 Å². The summed E-state index contributed by atoms with van der Waals surface area (Å²) >= 11 is 0. The molecule has 0 saturated heterocycles. The van der Waals surface area contributed by atoms with Crippen LogP contribution in [0.25, 0.3) is 5.69 Å². The van der Waals surface area contributed by atoms with Crippen LogP contribution >= 0.6 is 0 Å². The monoisotopic (exact) mass is 215 g/mol. The summed E-state index contributed by atoms with van der Waals surface area (Å²) in [7, 11) is 0. The third-order valence-corrected chi connectivity index (χ3v) is 2.24. The molecule has 2 rings (SSSR count). The molecule has 0 atom stereocenters. The molecule has 0 spiro atoms. The fourth-order valence-corrected chi connectivity index (χ4v) is 1.48. The zero-order chi connectivity index (χ0) is 11.5. The van der Waals surface area contributed by atoms with Gasteiger partial charge in [-0.2, -0.15) is 0 Å². The second-order valence-electron chi connectivity index (χ2n) is 3.26. The largest absolute Gasteiger partial charge is 0.508 e. The van der Waals surface area contributed by atoms with Gasteiger partial charge in [0.2, 0.25) is 5.78 Å². The van der Waals surface area contributed by atoms with Crippen LogP contribution in [0, 0.1) is 0 Å². The molecule has 0 unspecified atom stereocenters. The van der Waals surface area contributed by atoms with Gasteiger partial charge in [-0.3, -0.25) is 9.59 Å². The number of nitrogens with zero attached hydrogens (tertiary/aromatic N) is 1. The number of ketones is 1. The van der Waals surface area contributed by atoms with Crippen LogP contribution in [0.5, 0.6) is 5.75 Å². The van der Waals surface area contributed by atoms with Crippen LogP contribution in [-0.4, -0.2) is 21.7 Å². The van der Waals surface area contributed by atoms with Gasteiger partial charge >= 0.3 is 0 Å². The number of phenolic OH excluding ortho intramolecular Hbond substituents is 1. The minimum atomic E-state index is -0.571. The molecule has 1 N–H and O–H groups in total. The lowest BCUT2D eigenvalue weighted by Gasteiger charge is -2.06. The maximum Gasteiger partial charge on any atom is 0.242 e. The Labute approximate surface area is 91.8 Å². The van der Waals surface area contributed by atoms with Crippen molar-refractivity contribution in [1.82, 2.24) is 4.57 Å². The van der Waals surface area contributed by atoms with Gasteiger partial charge in [-0.15, -0.1) is 0 Å². The van der Waals surface area contributed by atoms with Gasteiger partial charge in [-0.05, 0) is 36.4 Å². The van der Waals surface area contributed by atoms with Crippen LogP contribution in [0.15, 0.2) is 42.6 Å². The third kappa shape index (κ3) is 1.72. The highest BCUT2D eigenvalue weighted by molar-refractivity contribution is 6.32. The molecule has 0 aliphatic rings. The SMILES string of the molecule is O=CC(=O)c1cccn1-c1ccc(O)cc1. The smallest absolute Gasteiger partial charge is 0.242 e. The quantitative estimate of drug-likeness (QED) is 0.480. The Morgan fingerprint density at radius 1 is 1.19 bits per heavy atom. The molecule has 80 valence electrons. The molecule has 2 aromatic rings. The second-order valence-corrected chi connectivity index (χ2v) is 3.26. The molecule has 1 aromatic carbocycles. The highest BCUT2D eigenvalue weighted by Gasteiger charge is 2.10. The van der Waals surface area contributed by atoms with Crippen LogP contribution in [0.3, 0.4) is 0 Å². The summed E-state index contributed by atoms with van der Waals surface area (Å²) < 4.78 is 1.59.